The van der Waals surface area contributed by atoms with Crippen LogP contribution in [0.1, 0.15) is 18.9 Å². The second-order valence-electron chi connectivity index (χ2n) is 4.08. The topological polar surface area (TPSA) is 68.3 Å². The van der Waals surface area contributed by atoms with E-state index in [-0.39, 0.29) is 11.9 Å². The van der Waals surface area contributed by atoms with Gasteiger partial charge >= 0.3 is 0 Å². The second kappa shape index (κ2) is 6.11. The Hall–Kier alpha value is -1.20. The van der Waals surface area contributed by atoms with E-state index in [2.05, 4.69) is 6.92 Å². The van der Waals surface area contributed by atoms with Crippen molar-refractivity contribution >= 4 is 17.6 Å². The summed E-state index contributed by atoms with van der Waals surface area (Å²) in [7, 11) is 0. The van der Waals surface area contributed by atoms with E-state index in [1.807, 2.05) is 18.2 Å². The molecule has 0 amide bonds. The highest BCUT2D eigenvalue weighted by Gasteiger charge is 2.20. The Kier molecular flexibility index (Phi) is 4.49. The van der Waals surface area contributed by atoms with Gasteiger partial charge in [-0.2, -0.15) is 0 Å². The van der Waals surface area contributed by atoms with Crippen LogP contribution in [0.15, 0.2) is 23.1 Å². The maximum absolute atomic E-state index is 7.72. The second-order valence-corrected chi connectivity index (χ2v) is 5.39. The van der Waals surface area contributed by atoms with Crippen molar-refractivity contribution in [3.05, 3.63) is 23.8 Å². The molecule has 1 saturated heterocycles. The van der Waals surface area contributed by atoms with Crippen LogP contribution in [-0.4, -0.2) is 30.9 Å². The molecule has 1 aromatic rings. The first kappa shape index (κ1) is 13.2. The summed E-state index contributed by atoms with van der Waals surface area (Å²) in [4.78, 5) is 1.00. The van der Waals surface area contributed by atoms with E-state index >= 15 is 0 Å². The van der Waals surface area contributed by atoms with Crippen LogP contribution in [0.5, 0.6) is 5.75 Å². The molecule has 1 aliphatic heterocycles. The lowest BCUT2D eigenvalue weighted by molar-refractivity contribution is 0.141. The third-order valence-electron chi connectivity index (χ3n) is 2.74. The first-order valence-corrected chi connectivity index (χ1v) is 7.05. The maximum atomic E-state index is 7.72. The average Bonchev–Trinajstić information content (AvgIpc) is 2.82. The number of hydrogen-bond donors (Lipinski definition) is 2. The molecular formula is C13H18N2O2S. The van der Waals surface area contributed by atoms with Gasteiger partial charge in [0.25, 0.3) is 0 Å². The molecule has 1 aromatic carbocycles. The van der Waals surface area contributed by atoms with E-state index in [0.717, 1.165) is 23.7 Å². The van der Waals surface area contributed by atoms with Crippen molar-refractivity contribution in [3.8, 4) is 5.75 Å². The largest absolute Gasteiger partial charge is 0.487 e. The fraction of sp³-hybridized carbons (Fsp3) is 0.462. The number of benzene rings is 1. The summed E-state index contributed by atoms with van der Waals surface area (Å²) >= 11 is 1.67. The lowest BCUT2D eigenvalue weighted by Gasteiger charge is -2.17. The van der Waals surface area contributed by atoms with Crippen LogP contribution in [0.4, 0.5) is 0 Å². The van der Waals surface area contributed by atoms with E-state index in [4.69, 9.17) is 20.6 Å². The molecule has 3 N–H and O–H groups in total. The number of amidine groups is 1. The summed E-state index contributed by atoms with van der Waals surface area (Å²) in [6.07, 6.45) is 0.965. The Labute approximate surface area is 111 Å². The molecule has 0 bridgehead atoms. The third kappa shape index (κ3) is 2.97. The molecule has 98 valence electrons. The lowest BCUT2D eigenvalue weighted by Crippen LogP contribution is -2.20. The third-order valence-corrected chi connectivity index (χ3v) is 3.68. The predicted molar refractivity (Wildman–Crippen MR) is 73.7 cm³/mol. The van der Waals surface area contributed by atoms with Gasteiger partial charge in [-0.25, -0.2) is 0 Å². The molecule has 0 radical (unpaired) electrons. The van der Waals surface area contributed by atoms with Crippen molar-refractivity contribution in [3.63, 3.8) is 0 Å². The Morgan fingerprint density at radius 3 is 3.06 bits per heavy atom. The molecule has 0 aliphatic carbocycles. The van der Waals surface area contributed by atoms with Crippen LogP contribution in [0.2, 0.25) is 0 Å². The van der Waals surface area contributed by atoms with Crippen LogP contribution in [-0.2, 0) is 4.74 Å². The molecule has 2 rings (SSSR count). The fourth-order valence-electron chi connectivity index (χ4n) is 1.94. The van der Waals surface area contributed by atoms with Crippen LogP contribution in [0, 0.1) is 5.41 Å². The highest BCUT2D eigenvalue weighted by Crippen LogP contribution is 2.31. The van der Waals surface area contributed by atoms with Crippen molar-refractivity contribution < 1.29 is 9.47 Å². The van der Waals surface area contributed by atoms with Crippen LogP contribution in [0.25, 0.3) is 0 Å². The maximum Gasteiger partial charge on any atom is 0.131 e. The van der Waals surface area contributed by atoms with E-state index in [1.165, 1.54) is 0 Å². The van der Waals surface area contributed by atoms with Crippen molar-refractivity contribution in [1.29, 1.82) is 5.41 Å². The van der Waals surface area contributed by atoms with Gasteiger partial charge in [0.1, 0.15) is 17.7 Å². The summed E-state index contributed by atoms with van der Waals surface area (Å²) in [6, 6.07) is 5.78. The molecule has 1 atom stereocenters. The smallest absolute Gasteiger partial charge is 0.131 e. The first-order valence-electron chi connectivity index (χ1n) is 6.07. The molecule has 1 fully saturated rings. The van der Waals surface area contributed by atoms with Crippen molar-refractivity contribution in [2.45, 2.75) is 24.3 Å². The fourth-order valence-corrected chi connectivity index (χ4v) is 2.78. The molecule has 0 spiro atoms. The summed E-state index contributed by atoms with van der Waals surface area (Å²) in [5.41, 5.74) is 6.38. The zero-order valence-electron chi connectivity index (χ0n) is 10.4. The standard InChI is InChI=1S/C13H18N2O2S/c1-2-18-11-5-3-4-10(12(11)13(14)15)17-9-6-7-16-8-9/h3-5,9H,2,6-8H2,1H3,(H3,14,15). The number of nitrogens with two attached hydrogens (primary N) is 1. The minimum atomic E-state index is 0.0560. The van der Waals surface area contributed by atoms with Gasteiger partial charge in [-0.05, 0) is 17.9 Å². The van der Waals surface area contributed by atoms with E-state index in [9.17, 15) is 0 Å². The molecular weight excluding hydrogens is 248 g/mol. The Morgan fingerprint density at radius 1 is 1.61 bits per heavy atom. The van der Waals surface area contributed by atoms with Crippen molar-refractivity contribution in [2.24, 2.45) is 5.73 Å². The number of nitrogen functional groups attached to an aromatic ring is 1. The Morgan fingerprint density at radius 2 is 2.44 bits per heavy atom. The molecule has 1 unspecified atom stereocenters. The molecule has 18 heavy (non-hydrogen) atoms. The predicted octanol–water partition coefficient (Wildman–Crippen LogP) is 2.25. The van der Waals surface area contributed by atoms with E-state index in [0.29, 0.717) is 17.9 Å². The van der Waals surface area contributed by atoms with Gasteiger partial charge in [-0.1, -0.05) is 13.0 Å². The average molecular weight is 266 g/mol. The Balaban J connectivity index is 2.26. The number of rotatable bonds is 5. The summed E-state index contributed by atoms with van der Waals surface area (Å²) in [5, 5.41) is 7.72. The van der Waals surface area contributed by atoms with E-state index < -0.39 is 0 Å². The molecule has 0 aromatic heterocycles. The van der Waals surface area contributed by atoms with Crippen molar-refractivity contribution in [1.82, 2.24) is 0 Å². The summed E-state index contributed by atoms with van der Waals surface area (Å²) in [5.74, 6) is 1.69. The first-order chi connectivity index (χ1) is 8.72. The molecule has 0 saturated carbocycles. The van der Waals surface area contributed by atoms with Gasteiger partial charge in [0.15, 0.2) is 0 Å². The van der Waals surface area contributed by atoms with Gasteiger partial charge in [0, 0.05) is 11.3 Å². The SMILES string of the molecule is CCSc1cccc(OC2CCOC2)c1C(=N)N. The van der Waals surface area contributed by atoms with Gasteiger partial charge in [-0.3, -0.25) is 5.41 Å². The number of ether oxygens (including phenoxy) is 2. The van der Waals surface area contributed by atoms with Gasteiger partial charge in [0.2, 0.25) is 0 Å². The number of nitrogens with one attached hydrogen (secondary N) is 1. The van der Waals surface area contributed by atoms with Gasteiger partial charge in [0.05, 0.1) is 18.8 Å². The molecule has 1 aliphatic rings. The van der Waals surface area contributed by atoms with E-state index in [1.54, 1.807) is 11.8 Å². The minimum absolute atomic E-state index is 0.0560. The minimum Gasteiger partial charge on any atom is -0.487 e. The molecule has 4 nitrogen and oxygen atoms in total. The zero-order chi connectivity index (χ0) is 13.0. The molecule has 5 heteroatoms. The summed E-state index contributed by atoms with van der Waals surface area (Å²) < 4.78 is 11.2. The number of hydrogen-bond acceptors (Lipinski definition) is 4. The Bertz CT molecular complexity index is 431. The quantitative estimate of drug-likeness (QED) is 0.487. The lowest BCUT2D eigenvalue weighted by atomic mass is 10.2. The highest BCUT2D eigenvalue weighted by atomic mass is 32.2. The van der Waals surface area contributed by atoms with Crippen LogP contribution < -0.4 is 10.5 Å². The van der Waals surface area contributed by atoms with Crippen LogP contribution in [0.3, 0.4) is 0 Å². The monoisotopic (exact) mass is 266 g/mol. The highest BCUT2D eigenvalue weighted by molar-refractivity contribution is 7.99. The molecule has 1 heterocycles. The zero-order valence-corrected chi connectivity index (χ0v) is 11.3. The van der Waals surface area contributed by atoms with Gasteiger partial charge < -0.3 is 15.2 Å². The van der Waals surface area contributed by atoms with Crippen molar-refractivity contribution in [2.75, 3.05) is 19.0 Å². The number of thioether (sulfide) groups is 1. The normalized spacial score (nSPS) is 18.8. The van der Waals surface area contributed by atoms with Crippen LogP contribution >= 0.6 is 11.8 Å². The van der Waals surface area contributed by atoms with Gasteiger partial charge in [-0.15, -0.1) is 11.8 Å². The summed E-state index contributed by atoms with van der Waals surface area (Å²) in [6.45, 7) is 3.43.